The monoisotopic (exact) mass is 381 g/mol. The quantitative estimate of drug-likeness (QED) is 0.381. The molecule has 0 spiro atoms. The predicted octanol–water partition coefficient (Wildman–Crippen LogP) is 3.60. The van der Waals surface area contributed by atoms with E-state index >= 15 is 0 Å². The third-order valence-electron chi connectivity index (χ3n) is 1.64. The highest BCUT2D eigenvalue weighted by molar-refractivity contribution is 14.1. The highest BCUT2D eigenvalue weighted by Crippen LogP contribution is 2.15. The van der Waals surface area contributed by atoms with Gasteiger partial charge in [0.05, 0.1) is 0 Å². The van der Waals surface area contributed by atoms with Crippen molar-refractivity contribution in [2.45, 2.75) is 42.6 Å². The molecule has 2 atom stereocenters. The van der Waals surface area contributed by atoms with E-state index in [2.05, 4.69) is 52.1 Å². The fourth-order valence-corrected chi connectivity index (χ4v) is 1.80. The van der Waals surface area contributed by atoms with E-state index in [4.69, 9.17) is 0 Å². The first-order chi connectivity index (χ1) is 5.22. The van der Waals surface area contributed by atoms with Crippen LogP contribution in [0.1, 0.15) is 32.6 Å². The molecule has 0 fully saturated rings. The number of halogens is 2. The van der Waals surface area contributed by atoms with Crippen molar-refractivity contribution in [1.29, 1.82) is 0 Å². The van der Waals surface area contributed by atoms with Crippen LogP contribution in [0.2, 0.25) is 0 Å². The van der Waals surface area contributed by atoms with Crippen LogP contribution in [-0.4, -0.2) is 14.5 Å². The summed E-state index contributed by atoms with van der Waals surface area (Å²) in [5, 5.41) is 11.3. The van der Waals surface area contributed by atoms with Gasteiger partial charge in [-0.1, -0.05) is 71.4 Å². The second kappa shape index (κ2) is 8.04. The van der Waals surface area contributed by atoms with Crippen LogP contribution in [0, 0.1) is 0 Å². The number of rotatable bonds is 6. The number of hydrogen-bond donors (Lipinski definition) is 0. The number of unbranched alkanes of at least 4 members (excludes halogenated alkanes) is 2. The minimum Gasteiger partial charge on any atom is -0.232 e. The molecule has 2 unspecified atom stereocenters. The summed E-state index contributed by atoms with van der Waals surface area (Å²) in [5.74, 6) is 0. The average Bonchev–Trinajstić information content (AvgIpc) is 2.03. The predicted molar refractivity (Wildman–Crippen MR) is 65.3 cm³/mol. The third kappa shape index (κ3) is 6.57. The highest BCUT2D eigenvalue weighted by Gasteiger charge is 2.14. The molecular weight excluding hydrogens is 366 g/mol. The Balaban J connectivity index is 3.28. The van der Waals surface area contributed by atoms with Gasteiger partial charge < -0.3 is 0 Å². The molecule has 0 aliphatic carbocycles. The molecule has 0 aliphatic rings. The van der Waals surface area contributed by atoms with E-state index in [9.17, 15) is 5.11 Å². The van der Waals surface area contributed by atoms with E-state index in [1.54, 1.807) is 0 Å². The molecule has 11 heavy (non-hydrogen) atoms. The molecule has 1 radical (unpaired) electrons. The zero-order chi connectivity index (χ0) is 8.69. The van der Waals surface area contributed by atoms with Crippen molar-refractivity contribution in [1.82, 2.24) is 0 Å². The first kappa shape index (κ1) is 12.4. The Morgan fingerprint density at radius 2 is 2.00 bits per heavy atom. The van der Waals surface area contributed by atoms with Crippen molar-refractivity contribution in [3.63, 3.8) is 0 Å². The van der Waals surface area contributed by atoms with E-state index < -0.39 is 0 Å². The van der Waals surface area contributed by atoms with Gasteiger partial charge >= 0.3 is 0 Å². The van der Waals surface area contributed by atoms with Crippen molar-refractivity contribution >= 4 is 45.2 Å². The maximum Gasteiger partial charge on any atom is 0.105 e. The van der Waals surface area contributed by atoms with Gasteiger partial charge in [-0.15, -0.1) is 0 Å². The fraction of sp³-hybridized carbons (Fsp3) is 1.00. The SMILES string of the molecule is CCCCCC([O])C(I)CI. The van der Waals surface area contributed by atoms with Crippen molar-refractivity contribution in [2.75, 3.05) is 4.43 Å². The summed E-state index contributed by atoms with van der Waals surface area (Å²) < 4.78 is 1.31. The average molecular weight is 381 g/mol. The van der Waals surface area contributed by atoms with E-state index in [0.29, 0.717) is 3.92 Å². The molecule has 0 aromatic rings. The molecular formula is C8H15I2O. The van der Waals surface area contributed by atoms with Gasteiger partial charge in [-0.25, -0.2) is 5.11 Å². The summed E-state index contributed by atoms with van der Waals surface area (Å²) in [5.41, 5.74) is 0. The van der Waals surface area contributed by atoms with Gasteiger partial charge in [0.2, 0.25) is 0 Å². The first-order valence-electron chi connectivity index (χ1n) is 4.08. The molecule has 0 saturated carbocycles. The topological polar surface area (TPSA) is 19.9 Å². The third-order valence-corrected chi connectivity index (χ3v) is 5.52. The van der Waals surface area contributed by atoms with Crippen LogP contribution in [-0.2, 0) is 5.11 Å². The summed E-state index contributed by atoms with van der Waals surface area (Å²) in [6, 6.07) is 0. The Labute approximate surface area is 96.6 Å². The van der Waals surface area contributed by atoms with Gasteiger partial charge in [0.1, 0.15) is 6.10 Å². The van der Waals surface area contributed by atoms with Gasteiger partial charge in [-0.05, 0) is 6.42 Å². The lowest BCUT2D eigenvalue weighted by molar-refractivity contribution is 0.0852. The molecule has 0 heterocycles. The normalized spacial score (nSPS) is 16.4. The molecule has 67 valence electrons. The molecule has 3 heteroatoms. The molecule has 0 N–H and O–H groups in total. The van der Waals surface area contributed by atoms with Gasteiger partial charge in [-0.3, -0.25) is 0 Å². The summed E-state index contributed by atoms with van der Waals surface area (Å²) in [6.07, 6.45) is 4.07. The second-order valence-electron chi connectivity index (χ2n) is 2.70. The molecule has 1 nitrogen and oxygen atoms in total. The van der Waals surface area contributed by atoms with Crippen molar-refractivity contribution in [2.24, 2.45) is 0 Å². The van der Waals surface area contributed by atoms with E-state index in [-0.39, 0.29) is 6.10 Å². The summed E-state index contributed by atoms with van der Waals surface area (Å²) in [7, 11) is 0. The van der Waals surface area contributed by atoms with Crippen molar-refractivity contribution in [3.8, 4) is 0 Å². The van der Waals surface area contributed by atoms with Crippen LogP contribution < -0.4 is 0 Å². The molecule has 0 amide bonds. The van der Waals surface area contributed by atoms with Crippen LogP contribution in [0.15, 0.2) is 0 Å². The fourth-order valence-electron chi connectivity index (χ4n) is 0.876. The maximum absolute atomic E-state index is 11.3. The number of hydrogen-bond acceptors (Lipinski definition) is 0. The summed E-state index contributed by atoms with van der Waals surface area (Å²) in [4.78, 5) is 0. The summed E-state index contributed by atoms with van der Waals surface area (Å²) >= 11 is 4.55. The lowest BCUT2D eigenvalue weighted by atomic mass is 10.1. The molecule has 0 aromatic heterocycles. The molecule has 0 bridgehead atoms. The van der Waals surface area contributed by atoms with Gasteiger partial charge in [0.15, 0.2) is 0 Å². The van der Waals surface area contributed by atoms with E-state index in [1.807, 2.05) is 0 Å². The van der Waals surface area contributed by atoms with Crippen LogP contribution >= 0.6 is 45.2 Å². The van der Waals surface area contributed by atoms with E-state index in [1.165, 1.54) is 12.8 Å². The largest absolute Gasteiger partial charge is 0.232 e. The number of alkyl halides is 2. The first-order valence-corrected chi connectivity index (χ1v) is 6.85. The second-order valence-corrected chi connectivity index (χ2v) is 5.19. The van der Waals surface area contributed by atoms with Crippen LogP contribution in [0.4, 0.5) is 0 Å². The molecule has 0 rings (SSSR count). The standard InChI is InChI=1S/C8H15I2O/c1-2-3-4-5-8(11)7(10)6-9/h7-8H,2-6H2,1H3. The van der Waals surface area contributed by atoms with Gasteiger partial charge in [0.25, 0.3) is 0 Å². The Hall–Kier alpha value is 1.42. The minimum absolute atomic E-state index is 0.324. The lowest BCUT2D eigenvalue weighted by Crippen LogP contribution is -2.19. The molecule has 0 aromatic carbocycles. The van der Waals surface area contributed by atoms with Gasteiger partial charge in [0, 0.05) is 8.35 Å². The van der Waals surface area contributed by atoms with Crippen LogP contribution in [0.3, 0.4) is 0 Å². The lowest BCUT2D eigenvalue weighted by Gasteiger charge is -2.11. The minimum atomic E-state index is -0.334. The molecule has 0 saturated heterocycles. The Kier molecular flexibility index (Phi) is 9.08. The smallest absolute Gasteiger partial charge is 0.105 e. The van der Waals surface area contributed by atoms with Crippen molar-refractivity contribution in [3.05, 3.63) is 0 Å². The highest BCUT2D eigenvalue weighted by atomic mass is 127. The van der Waals surface area contributed by atoms with Crippen LogP contribution in [0.25, 0.3) is 0 Å². The summed E-state index contributed by atoms with van der Waals surface area (Å²) in [6.45, 7) is 2.17. The Morgan fingerprint density at radius 1 is 1.36 bits per heavy atom. The zero-order valence-electron chi connectivity index (χ0n) is 6.85. The Bertz CT molecular complexity index is 88.2. The van der Waals surface area contributed by atoms with Gasteiger partial charge in [-0.2, -0.15) is 0 Å². The zero-order valence-corrected chi connectivity index (χ0v) is 11.2. The molecule has 0 aliphatic heterocycles. The van der Waals surface area contributed by atoms with Crippen molar-refractivity contribution < 1.29 is 5.11 Å². The Morgan fingerprint density at radius 3 is 2.45 bits per heavy atom. The maximum atomic E-state index is 11.3. The van der Waals surface area contributed by atoms with E-state index in [0.717, 1.165) is 17.3 Å². The van der Waals surface area contributed by atoms with Crippen LogP contribution in [0.5, 0.6) is 0 Å².